The highest BCUT2D eigenvalue weighted by molar-refractivity contribution is 5.84. The molecule has 4 aliphatic carbocycles. The van der Waals surface area contributed by atoms with Crippen molar-refractivity contribution < 1.29 is 19.0 Å². The fourth-order valence-electron chi connectivity index (χ4n) is 12.6. The number of piperidine rings is 2. The van der Waals surface area contributed by atoms with E-state index < -0.39 is 6.09 Å². The molecule has 3 N–H and O–H groups in total. The Morgan fingerprint density at radius 2 is 1.18 bits per heavy atom. The highest BCUT2D eigenvalue weighted by Crippen LogP contribution is 2.58. The van der Waals surface area contributed by atoms with E-state index in [0.717, 1.165) is 54.7 Å². The van der Waals surface area contributed by atoms with E-state index in [0.29, 0.717) is 35.4 Å². The smallest absolute Gasteiger partial charge is 0.411 e. The molecule has 300 valence electrons. The Hall–Kier alpha value is -4.85. The van der Waals surface area contributed by atoms with Crippen LogP contribution in [0.3, 0.4) is 0 Å². The van der Waals surface area contributed by atoms with Gasteiger partial charge in [0, 0.05) is 58.8 Å². The van der Waals surface area contributed by atoms with Crippen molar-refractivity contribution in [2.24, 2.45) is 11.8 Å². The van der Waals surface area contributed by atoms with Gasteiger partial charge in [0.15, 0.2) is 0 Å². The predicted octanol–water partition coefficient (Wildman–Crippen LogP) is 10.1. The molecule has 1 amide bonds. The van der Waals surface area contributed by atoms with E-state index in [9.17, 15) is 4.79 Å². The average Bonchev–Trinajstić information content (AvgIpc) is 3.24. The summed E-state index contributed by atoms with van der Waals surface area (Å²) in [6.45, 7) is 4.39. The third kappa shape index (κ3) is 6.67. The molecule has 6 atom stereocenters. The van der Waals surface area contributed by atoms with Gasteiger partial charge >= 0.3 is 6.09 Å². The van der Waals surface area contributed by atoms with Crippen molar-refractivity contribution in [1.82, 2.24) is 0 Å². The third-order valence-corrected chi connectivity index (χ3v) is 15.0. The highest BCUT2D eigenvalue weighted by Gasteiger charge is 2.55. The summed E-state index contributed by atoms with van der Waals surface area (Å²) in [6.07, 6.45) is 15.0. The number of fused-ring (bicyclic) bond motifs is 2. The molecule has 2 aliphatic heterocycles. The molecule has 2 saturated heterocycles. The van der Waals surface area contributed by atoms with Gasteiger partial charge in [-0.1, -0.05) is 37.8 Å². The number of hydrogen-bond acceptors (Lipinski definition) is 7. The van der Waals surface area contributed by atoms with Crippen LogP contribution in [0.2, 0.25) is 0 Å². The Morgan fingerprint density at radius 1 is 0.684 bits per heavy atom. The van der Waals surface area contributed by atoms with Crippen LogP contribution in [0.1, 0.15) is 93.4 Å². The monoisotopic (exact) mass is 768 g/mol. The molecule has 0 aromatic heterocycles. The van der Waals surface area contributed by atoms with Gasteiger partial charge in [-0.25, -0.2) is 4.79 Å². The van der Waals surface area contributed by atoms with E-state index in [4.69, 9.17) is 19.9 Å². The van der Waals surface area contributed by atoms with Crippen LogP contribution in [0.4, 0.5) is 27.5 Å². The summed E-state index contributed by atoms with van der Waals surface area (Å²) in [5.41, 5.74) is 17.0. The van der Waals surface area contributed by atoms with Crippen molar-refractivity contribution in [3.05, 3.63) is 107 Å². The lowest BCUT2D eigenvalue weighted by molar-refractivity contribution is 0.0983. The maximum absolute atomic E-state index is 11.7. The van der Waals surface area contributed by atoms with E-state index in [1.165, 1.54) is 86.7 Å². The molecule has 0 radical (unpaired) electrons. The van der Waals surface area contributed by atoms with Crippen LogP contribution in [-0.2, 0) is 28.4 Å². The van der Waals surface area contributed by atoms with Crippen molar-refractivity contribution in [1.29, 1.82) is 0 Å². The molecule has 0 unspecified atom stereocenters. The minimum absolute atomic E-state index is 0.299. The molecule has 8 nitrogen and oxygen atoms in total. The molecular formula is C49H60N4O4. The standard InChI is InChI=1S/C26H32N2O3.C23H28N2O/c1-3-31-25(29)27-19-8-10-20(11-9-19)28-15-14-26-13-5-4-6-22(26)24(28)16-18-7-12-21(30-2)17-23(18)26;1-26-19-10-5-16-14-22-20-4-2-3-11-23(20,21(16)15-19)12-13-25(22)18-8-6-17(24)7-9-18/h7-12,17,22,24H,3-6,13-16H2,1-2H3,(H,27,29);5-10,15,20,22H,2-4,11-14,24H2,1H3/t22-,24+,26+;20-,22+,23+/m11/s1. The number of rotatable bonds is 6. The lowest BCUT2D eigenvalue weighted by Crippen LogP contribution is -2.61. The second kappa shape index (κ2) is 15.5. The molecule has 10 rings (SSSR count). The summed E-state index contributed by atoms with van der Waals surface area (Å²) >= 11 is 0. The molecule has 6 aliphatic rings. The summed E-state index contributed by atoms with van der Waals surface area (Å²) < 4.78 is 16.1. The van der Waals surface area contributed by atoms with Gasteiger partial charge < -0.3 is 29.7 Å². The minimum Gasteiger partial charge on any atom is -0.497 e. The van der Waals surface area contributed by atoms with Crippen LogP contribution in [-0.4, -0.2) is 52.1 Å². The first-order valence-corrected chi connectivity index (χ1v) is 21.6. The first-order chi connectivity index (χ1) is 27.9. The first kappa shape index (κ1) is 37.7. The number of carbonyl (C=O) groups excluding carboxylic acids is 1. The molecule has 8 heteroatoms. The highest BCUT2D eigenvalue weighted by atomic mass is 16.5. The second-order valence-corrected chi connectivity index (χ2v) is 17.5. The van der Waals surface area contributed by atoms with E-state index >= 15 is 0 Å². The second-order valence-electron chi connectivity index (χ2n) is 17.5. The first-order valence-electron chi connectivity index (χ1n) is 21.6. The largest absolute Gasteiger partial charge is 0.497 e. The van der Waals surface area contributed by atoms with E-state index in [2.05, 4.69) is 75.8 Å². The molecule has 4 bridgehead atoms. The van der Waals surface area contributed by atoms with E-state index in [-0.39, 0.29) is 0 Å². The van der Waals surface area contributed by atoms with Gasteiger partial charge in [0.2, 0.25) is 0 Å². The molecule has 0 spiro atoms. The zero-order valence-electron chi connectivity index (χ0n) is 34.1. The Balaban J connectivity index is 0.000000150. The van der Waals surface area contributed by atoms with Crippen molar-refractivity contribution in [2.75, 3.05) is 54.8 Å². The van der Waals surface area contributed by atoms with Crippen molar-refractivity contribution in [3.63, 3.8) is 0 Å². The quantitative estimate of drug-likeness (QED) is 0.189. The fourth-order valence-corrected chi connectivity index (χ4v) is 12.6. The summed E-state index contributed by atoms with van der Waals surface area (Å²) in [5.74, 6) is 3.44. The average molecular weight is 769 g/mol. The van der Waals surface area contributed by atoms with Crippen LogP contribution in [0, 0.1) is 11.8 Å². The summed E-state index contributed by atoms with van der Waals surface area (Å²) in [6, 6.07) is 31.4. The number of methoxy groups -OCH3 is 2. The number of ether oxygens (including phenoxy) is 3. The third-order valence-electron chi connectivity index (χ3n) is 15.0. The number of nitrogens with zero attached hydrogens (tertiary/aromatic N) is 2. The van der Waals surface area contributed by atoms with Gasteiger partial charge in [-0.05, 0) is 165 Å². The maximum atomic E-state index is 11.7. The lowest BCUT2D eigenvalue weighted by atomic mass is 9.52. The van der Waals surface area contributed by atoms with Crippen LogP contribution in [0.15, 0.2) is 84.9 Å². The van der Waals surface area contributed by atoms with Crippen molar-refractivity contribution in [3.8, 4) is 11.5 Å². The summed E-state index contributed by atoms with van der Waals surface area (Å²) in [5, 5.41) is 2.79. The summed E-state index contributed by atoms with van der Waals surface area (Å²) in [7, 11) is 3.56. The molecule has 57 heavy (non-hydrogen) atoms. The van der Waals surface area contributed by atoms with Gasteiger partial charge in [-0.3, -0.25) is 5.32 Å². The van der Waals surface area contributed by atoms with Crippen LogP contribution < -0.4 is 30.3 Å². The molecule has 4 aromatic rings. The fraction of sp³-hybridized carbons (Fsp3) is 0.490. The van der Waals surface area contributed by atoms with Gasteiger partial charge in [-0.2, -0.15) is 0 Å². The number of amides is 1. The Kier molecular flexibility index (Phi) is 10.2. The molecular weight excluding hydrogens is 709 g/mol. The van der Waals surface area contributed by atoms with E-state index in [1.807, 2.05) is 31.2 Å². The zero-order chi connectivity index (χ0) is 39.1. The Bertz CT molecular complexity index is 2070. The van der Waals surface area contributed by atoms with Gasteiger partial charge in [0.25, 0.3) is 0 Å². The molecule has 4 fully saturated rings. The topological polar surface area (TPSA) is 89.3 Å². The predicted molar refractivity (Wildman–Crippen MR) is 230 cm³/mol. The number of carbonyl (C=O) groups is 1. The van der Waals surface area contributed by atoms with Crippen LogP contribution >= 0.6 is 0 Å². The molecule has 2 heterocycles. The zero-order valence-corrected chi connectivity index (χ0v) is 34.1. The maximum Gasteiger partial charge on any atom is 0.411 e. The van der Waals surface area contributed by atoms with Gasteiger partial charge in [-0.15, -0.1) is 0 Å². The number of nitrogens with one attached hydrogen (secondary N) is 1. The lowest BCUT2D eigenvalue weighted by Gasteiger charge is -2.59. The number of nitrogens with two attached hydrogens (primary N) is 1. The van der Waals surface area contributed by atoms with E-state index in [1.54, 1.807) is 25.3 Å². The number of anilines is 4. The van der Waals surface area contributed by atoms with Crippen molar-refractivity contribution >= 4 is 28.8 Å². The Morgan fingerprint density at radius 3 is 1.65 bits per heavy atom. The van der Waals surface area contributed by atoms with Gasteiger partial charge in [0.05, 0.1) is 20.8 Å². The number of nitrogen functional groups attached to an aromatic ring is 1. The molecule has 2 saturated carbocycles. The molecule has 4 aromatic carbocycles. The van der Waals surface area contributed by atoms with Gasteiger partial charge in [0.1, 0.15) is 11.5 Å². The van der Waals surface area contributed by atoms with Crippen LogP contribution in [0.25, 0.3) is 0 Å². The number of benzene rings is 4. The van der Waals surface area contributed by atoms with Crippen LogP contribution in [0.5, 0.6) is 11.5 Å². The summed E-state index contributed by atoms with van der Waals surface area (Å²) in [4.78, 5) is 17.0. The SMILES string of the molecule is CCOC(=O)Nc1ccc(N2CC[C@@]34CCCC[C@@H]3[C@@H]2Cc2ccc(OC)cc24)cc1.COc1ccc2c(c1)[C@]13CCCC[C@@H]1[C@H](C2)N(c1ccc(N)cc1)CC3. The Labute approximate surface area is 339 Å². The normalized spacial score (nSPS) is 27.9. The minimum atomic E-state index is -0.403. The van der Waals surface area contributed by atoms with Crippen molar-refractivity contribution in [2.45, 2.75) is 107 Å². The number of hydrogen-bond donors (Lipinski definition) is 2.